The highest BCUT2D eigenvalue weighted by Gasteiger charge is 1.98. The largest absolute Gasteiger partial charge is 1.00 e. The quantitative estimate of drug-likeness (QED) is 0.681. The van der Waals surface area contributed by atoms with Crippen molar-refractivity contribution in [2.24, 2.45) is 0 Å². The summed E-state index contributed by atoms with van der Waals surface area (Å²) in [7, 11) is 0. The van der Waals surface area contributed by atoms with E-state index in [0.29, 0.717) is 0 Å². The zero-order valence-corrected chi connectivity index (χ0v) is 6.60. The predicted molar refractivity (Wildman–Crippen MR) is 41.1 cm³/mol. The van der Waals surface area contributed by atoms with E-state index in [-0.39, 0.29) is 6.80 Å². The molecule has 0 aliphatic rings. The summed E-state index contributed by atoms with van der Waals surface area (Å²) in [6.07, 6.45) is 3.33. The Balaban J connectivity index is 0.000001000. The van der Waals surface area contributed by atoms with Gasteiger partial charge in [0.15, 0.2) is 0 Å². The molecule has 4 heteroatoms. The minimum atomic E-state index is 0. The molecule has 10 heavy (non-hydrogen) atoms. The van der Waals surface area contributed by atoms with Crippen LogP contribution < -0.4 is 0 Å². The Bertz CT molecular complexity index is 176. The zero-order valence-electron chi connectivity index (χ0n) is 6.84. The number of hydrogen-bond donors (Lipinski definition) is 1. The lowest BCUT2D eigenvalue weighted by atomic mass is 10.2. The molecular formula is C6H11ClN3+. The van der Waals surface area contributed by atoms with E-state index >= 15 is 0 Å². The summed E-state index contributed by atoms with van der Waals surface area (Å²) in [4.78, 5) is 3.96. The van der Waals surface area contributed by atoms with Crippen molar-refractivity contribution in [1.82, 2.24) is 15.2 Å². The number of nitrogens with one attached hydrogen (secondary N) is 1. The molecule has 0 aliphatic carbocycles. The Hall–Kier alpha value is -0.570. The molecular weight excluding hydrogens is 150 g/mol. The average molecular weight is 161 g/mol. The van der Waals surface area contributed by atoms with Crippen molar-refractivity contribution in [2.45, 2.75) is 25.1 Å². The maximum Gasteiger partial charge on any atom is 1.00 e. The van der Waals surface area contributed by atoms with Gasteiger partial charge in [0.25, 0.3) is 0 Å². The lowest BCUT2D eigenvalue weighted by Gasteiger charge is -1.97. The van der Waals surface area contributed by atoms with Crippen LogP contribution in [0.2, 0.25) is 0 Å². The molecule has 1 N–H and O–H groups in total. The van der Waals surface area contributed by atoms with Crippen LogP contribution in [0.3, 0.4) is 0 Å². The fraction of sp³-hybridized carbons (Fsp3) is 0.667. The van der Waals surface area contributed by atoms with Gasteiger partial charge in [-0.25, -0.2) is 4.98 Å². The molecule has 1 atom stereocenters. The number of halogens is 1. The summed E-state index contributed by atoms with van der Waals surface area (Å²) in [5, 5.41) is 6.71. The first-order valence-electron chi connectivity index (χ1n) is 3.27. The van der Waals surface area contributed by atoms with Crippen LogP contribution in [0.15, 0.2) is 6.33 Å². The van der Waals surface area contributed by atoms with Crippen molar-refractivity contribution in [3.05, 3.63) is 12.2 Å². The molecule has 0 saturated carbocycles. The minimum Gasteiger partial charge on any atom is -0.263 e. The summed E-state index contributed by atoms with van der Waals surface area (Å²) < 4.78 is 0. The monoisotopic (exact) mass is 160 g/mol. The predicted octanol–water partition coefficient (Wildman–Crippen LogP) is 1.48. The third kappa shape index (κ3) is 2.35. The summed E-state index contributed by atoms with van der Waals surface area (Å²) in [6.45, 7) is 1.97. The highest BCUT2D eigenvalue weighted by molar-refractivity contribution is 6.20. The maximum absolute atomic E-state index is 5.73. The molecule has 1 rings (SSSR count). The van der Waals surface area contributed by atoms with E-state index in [2.05, 4.69) is 15.2 Å². The Morgan fingerprint density at radius 3 is 3.20 bits per heavy atom. The van der Waals surface area contributed by atoms with Crippen molar-refractivity contribution >= 4 is 11.6 Å². The van der Waals surface area contributed by atoms with Gasteiger partial charge in [-0.2, -0.15) is 5.10 Å². The van der Waals surface area contributed by atoms with E-state index in [1.165, 1.54) is 6.33 Å². The molecule has 0 fully saturated rings. The first-order valence-corrected chi connectivity index (χ1v) is 3.71. The topological polar surface area (TPSA) is 41.6 Å². The van der Waals surface area contributed by atoms with Gasteiger partial charge in [0.2, 0.25) is 0 Å². The number of aromatic amines is 1. The molecule has 1 heterocycles. The van der Waals surface area contributed by atoms with Crippen LogP contribution in [-0.2, 0) is 6.42 Å². The SMILES string of the molecule is CC(Cl)CCc1ncn[nH]1.[H+]. The molecule has 3 nitrogen and oxygen atoms in total. The number of alkyl halides is 1. The second kappa shape index (κ2) is 3.56. The van der Waals surface area contributed by atoms with Gasteiger partial charge in [-0.05, 0) is 13.3 Å². The number of aromatic nitrogens is 3. The fourth-order valence-corrected chi connectivity index (χ4v) is 0.796. The number of H-pyrrole nitrogens is 1. The van der Waals surface area contributed by atoms with Crippen molar-refractivity contribution < 1.29 is 1.43 Å². The molecule has 0 aromatic carbocycles. The van der Waals surface area contributed by atoms with Gasteiger partial charge >= 0.3 is 1.43 Å². The minimum absolute atomic E-state index is 0. The summed E-state index contributed by atoms with van der Waals surface area (Å²) in [5.41, 5.74) is 0. The van der Waals surface area contributed by atoms with Gasteiger partial charge in [-0.1, -0.05) is 0 Å². The van der Waals surface area contributed by atoms with Crippen molar-refractivity contribution in [1.29, 1.82) is 0 Å². The molecule has 1 aromatic rings. The van der Waals surface area contributed by atoms with Gasteiger partial charge in [0.05, 0.1) is 0 Å². The molecule has 1 aromatic heterocycles. The van der Waals surface area contributed by atoms with Crippen molar-refractivity contribution in [3.63, 3.8) is 0 Å². The van der Waals surface area contributed by atoms with E-state index in [9.17, 15) is 0 Å². The molecule has 0 amide bonds. The van der Waals surface area contributed by atoms with Gasteiger partial charge in [0.1, 0.15) is 12.2 Å². The number of nitrogens with zero attached hydrogens (tertiary/aromatic N) is 2. The van der Waals surface area contributed by atoms with E-state index < -0.39 is 0 Å². The highest BCUT2D eigenvalue weighted by Crippen LogP contribution is 2.03. The fourth-order valence-electron chi connectivity index (χ4n) is 0.687. The van der Waals surface area contributed by atoms with E-state index in [0.717, 1.165) is 18.7 Å². The van der Waals surface area contributed by atoms with Gasteiger partial charge in [0, 0.05) is 11.8 Å². The third-order valence-corrected chi connectivity index (χ3v) is 1.46. The first kappa shape index (κ1) is 7.54. The summed E-state index contributed by atoms with van der Waals surface area (Å²) >= 11 is 5.73. The molecule has 0 bridgehead atoms. The smallest absolute Gasteiger partial charge is 0.263 e. The Morgan fingerprint density at radius 2 is 2.70 bits per heavy atom. The second-order valence-corrected chi connectivity index (χ2v) is 3.00. The zero-order chi connectivity index (χ0) is 7.40. The van der Waals surface area contributed by atoms with Crippen LogP contribution in [0, 0.1) is 0 Å². The van der Waals surface area contributed by atoms with Crippen molar-refractivity contribution in [2.75, 3.05) is 0 Å². The lowest BCUT2D eigenvalue weighted by molar-refractivity contribution is 0.762. The highest BCUT2D eigenvalue weighted by atomic mass is 35.5. The lowest BCUT2D eigenvalue weighted by Crippen LogP contribution is -1.96. The van der Waals surface area contributed by atoms with Crippen LogP contribution in [0.4, 0.5) is 0 Å². The number of rotatable bonds is 3. The molecule has 1 unspecified atom stereocenters. The van der Waals surface area contributed by atoms with Gasteiger partial charge in [-0.15, -0.1) is 11.6 Å². The Labute approximate surface area is 66.3 Å². The summed E-state index contributed by atoms with van der Waals surface area (Å²) in [6, 6.07) is 0. The first-order chi connectivity index (χ1) is 4.79. The maximum atomic E-state index is 5.73. The van der Waals surface area contributed by atoms with Gasteiger partial charge < -0.3 is 0 Å². The second-order valence-electron chi connectivity index (χ2n) is 2.25. The van der Waals surface area contributed by atoms with Crippen LogP contribution in [0.1, 0.15) is 20.6 Å². The van der Waals surface area contributed by atoms with Crippen LogP contribution in [0.25, 0.3) is 0 Å². The number of aryl methyl sites for hydroxylation is 1. The molecule has 0 spiro atoms. The third-order valence-electron chi connectivity index (χ3n) is 1.24. The average Bonchev–Trinajstić information content (AvgIpc) is 2.34. The van der Waals surface area contributed by atoms with Crippen LogP contribution >= 0.6 is 11.6 Å². The number of hydrogen-bond acceptors (Lipinski definition) is 2. The standard InChI is InChI=1S/C6H10ClN3/c1-5(7)2-3-6-8-4-9-10-6/h4-5H,2-3H2,1H3,(H,8,9,10)/p+1. The van der Waals surface area contributed by atoms with E-state index in [4.69, 9.17) is 11.6 Å². The van der Waals surface area contributed by atoms with Crippen LogP contribution in [-0.4, -0.2) is 20.6 Å². The van der Waals surface area contributed by atoms with E-state index in [1.54, 1.807) is 0 Å². The normalized spacial score (nSPS) is 13.4. The van der Waals surface area contributed by atoms with Crippen LogP contribution in [0.5, 0.6) is 0 Å². The Kier molecular flexibility index (Phi) is 2.68. The summed E-state index contributed by atoms with van der Waals surface area (Å²) in [5.74, 6) is 0.910. The molecule has 0 aliphatic heterocycles. The van der Waals surface area contributed by atoms with Gasteiger partial charge in [-0.3, -0.25) is 5.10 Å². The molecule has 0 radical (unpaired) electrons. The Morgan fingerprint density at radius 1 is 1.90 bits per heavy atom. The van der Waals surface area contributed by atoms with E-state index in [1.807, 2.05) is 6.92 Å². The molecule has 56 valence electrons. The molecule has 0 saturated heterocycles. The van der Waals surface area contributed by atoms with Crippen molar-refractivity contribution in [3.8, 4) is 0 Å².